The van der Waals surface area contributed by atoms with E-state index in [2.05, 4.69) is 4.98 Å². The van der Waals surface area contributed by atoms with Crippen LogP contribution in [0.5, 0.6) is 0 Å². The van der Waals surface area contributed by atoms with Crippen LogP contribution in [0.1, 0.15) is 0 Å². The van der Waals surface area contributed by atoms with E-state index in [4.69, 9.17) is 21.6 Å². The molecular weight excluding hydrogens is 190 g/mol. The fraction of sp³-hybridized carbons (Fsp3) is 0.286. The summed E-state index contributed by atoms with van der Waals surface area (Å²) >= 11 is 5.84. The lowest BCUT2D eigenvalue weighted by molar-refractivity contribution is 0.425. The summed E-state index contributed by atoms with van der Waals surface area (Å²) in [6.45, 7) is 0. The Hall–Kier alpha value is -0.775. The van der Waals surface area contributed by atoms with Gasteiger partial charge < -0.3 is 14.9 Å². The summed E-state index contributed by atoms with van der Waals surface area (Å²) < 4.78 is 0. The fourth-order valence-corrected chi connectivity index (χ4v) is 1.26. The third kappa shape index (κ3) is 2.34. The largest absolute Gasteiger partial charge is 0.490 e. The summed E-state index contributed by atoms with van der Waals surface area (Å²) in [5.41, 5.74) is 0.288. The summed E-state index contributed by atoms with van der Waals surface area (Å²) in [4.78, 5) is 5.72. The zero-order chi connectivity index (χ0) is 10.0. The van der Waals surface area contributed by atoms with Gasteiger partial charge in [0.15, 0.2) is 0 Å². The number of aromatic nitrogens is 1. The van der Waals surface area contributed by atoms with Gasteiger partial charge in [0.25, 0.3) is 0 Å². The van der Waals surface area contributed by atoms with E-state index < -0.39 is 7.12 Å². The molecule has 0 aliphatic carbocycles. The maximum atomic E-state index is 8.82. The Balaban J connectivity index is 3.06. The van der Waals surface area contributed by atoms with Gasteiger partial charge in [-0.25, -0.2) is 4.98 Å². The van der Waals surface area contributed by atoms with Crippen LogP contribution in [0.25, 0.3) is 0 Å². The Labute approximate surface area is 81.9 Å². The molecular formula is C7H10BClN2O2. The zero-order valence-electron chi connectivity index (χ0n) is 7.40. The number of nitrogens with zero attached hydrogens (tertiary/aromatic N) is 2. The molecule has 0 saturated carbocycles. The molecule has 0 aromatic carbocycles. The van der Waals surface area contributed by atoms with Crippen molar-refractivity contribution in [2.45, 2.75) is 0 Å². The SMILES string of the molecule is CN(C)c1ncc(B(O)O)cc1Cl. The van der Waals surface area contributed by atoms with E-state index in [-0.39, 0.29) is 5.46 Å². The summed E-state index contributed by atoms with van der Waals surface area (Å²) in [5.74, 6) is 0.603. The molecule has 0 aliphatic heterocycles. The average molecular weight is 200 g/mol. The zero-order valence-corrected chi connectivity index (χ0v) is 8.15. The number of hydrogen-bond donors (Lipinski definition) is 2. The molecule has 0 aliphatic rings. The van der Waals surface area contributed by atoms with Gasteiger partial charge in [-0.15, -0.1) is 0 Å². The van der Waals surface area contributed by atoms with E-state index in [9.17, 15) is 0 Å². The molecule has 2 N–H and O–H groups in total. The Morgan fingerprint density at radius 3 is 2.46 bits per heavy atom. The normalized spacial score (nSPS) is 9.92. The average Bonchev–Trinajstić information content (AvgIpc) is 2.03. The van der Waals surface area contributed by atoms with E-state index in [1.54, 1.807) is 4.90 Å². The first-order valence-corrected chi connectivity index (χ1v) is 4.09. The molecule has 4 nitrogen and oxygen atoms in total. The topological polar surface area (TPSA) is 56.6 Å². The maximum Gasteiger partial charge on any atom is 0.490 e. The second-order valence-electron chi connectivity index (χ2n) is 2.84. The minimum Gasteiger partial charge on any atom is -0.423 e. The first-order chi connectivity index (χ1) is 6.02. The molecule has 0 spiro atoms. The van der Waals surface area contributed by atoms with Crippen molar-refractivity contribution in [2.75, 3.05) is 19.0 Å². The Morgan fingerprint density at radius 1 is 1.46 bits per heavy atom. The van der Waals surface area contributed by atoms with E-state index in [1.807, 2.05) is 14.1 Å². The van der Waals surface area contributed by atoms with Crippen molar-refractivity contribution in [1.82, 2.24) is 4.98 Å². The summed E-state index contributed by atoms with van der Waals surface area (Å²) in [7, 11) is 2.09. The number of hydrogen-bond acceptors (Lipinski definition) is 4. The summed E-state index contributed by atoms with van der Waals surface area (Å²) in [5, 5.41) is 18.0. The van der Waals surface area contributed by atoms with Gasteiger partial charge in [-0.2, -0.15) is 0 Å². The van der Waals surface area contributed by atoms with Crippen LogP contribution >= 0.6 is 11.6 Å². The van der Waals surface area contributed by atoms with Gasteiger partial charge in [-0.3, -0.25) is 0 Å². The summed E-state index contributed by atoms with van der Waals surface area (Å²) in [6, 6.07) is 1.48. The summed E-state index contributed by atoms with van der Waals surface area (Å²) in [6.07, 6.45) is 1.38. The highest BCUT2D eigenvalue weighted by atomic mass is 35.5. The highest BCUT2D eigenvalue weighted by Crippen LogP contribution is 2.18. The lowest BCUT2D eigenvalue weighted by Crippen LogP contribution is -2.30. The number of anilines is 1. The van der Waals surface area contributed by atoms with Gasteiger partial charge in [0.2, 0.25) is 0 Å². The van der Waals surface area contributed by atoms with Crippen molar-refractivity contribution in [3.63, 3.8) is 0 Å². The standard InChI is InChI=1S/C7H10BClN2O2/c1-11(2)7-6(9)3-5(4-10-7)8(12)13/h3-4,12-13H,1-2H3. The van der Waals surface area contributed by atoms with Crippen molar-refractivity contribution in [1.29, 1.82) is 0 Å². The molecule has 1 aromatic rings. The van der Waals surface area contributed by atoms with Crippen LogP contribution in [-0.2, 0) is 0 Å². The lowest BCUT2D eigenvalue weighted by Gasteiger charge is -2.13. The molecule has 70 valence electrons. The van der Waals surface area contributed by atoms with Crippen LogP contribution in [0.15, 0.2) is 12.3 Å². The van der Waals surface area contributed by atoms with Crippen molar-refractivity contribution in [3.8, 4) is 0 Å². The first-order valence-electron chi connectivity index (χ1n) is 3.71. The van der Waals surface area contributed by atoms with Crippen LogP contribution in [0, 0.1) is 0 Å². The van der Waals surface area contributed by atoms with Crippen LogP contribution in [0.4, 0.5) is 5.82 Å². The highest BCUT2D eigenvalue weighted by Gasteiger charge is 2.14. The monoisotopic (exact) mass is 200 g/mol. The molecule has 0 amide bonds. The minimum atomic E-state index is -1.53. The fourth-order valence-electron chi connectivity index (χ4n) is 0.916. The van der Waals surface area contributed by atoms with Crippen LogP contribution < -0.4 is 10.4 Å². The smallest absolute Gasteiger partial charge is 0.423 e. The van der Waals surface area contributed by atoms with E-state index in [1.165, 1.54) is 12.3 Å². The maximum absolute atomic E-state index is 8.82. The number of rotatable bonds is 2. The number of halogens is 1. The molecule has 0 radical (unpaired) electrons. The molecule has 0 atom stereocenters. The lowest BCUT2D eigenvalue weighted by atomic mass is 9.82. The predicted molar refractivity (Wildman–Crippen MR) is 53.4 cm³/mol. The molecule has 6 heteroatoms. The van der Waals surface area contributed by atoms with Crippen molar-refractivity contribution >= 4 is 30.0 Å². The molecule has 0 unspecified atom stereocenters. The first kappa shape index (κ1) is 10.3. The molecule has 0 saturated heterocycles. The number of pyridine rings is 1. The van der Waals surface area contributed by atoms with Crippen LogP contribution in [-0.4, -0.2) is 36.2 Å². The molecule has 1 rings (SSSR count). The predicted octanol–water partition coefficient (Wildman–Crippen LogP) is -0.519. The van der Waals surface area contributed by atoms with Gasteiger partial charge in [0.1, 0.15) is 5.82 Å². The Kier molecular flexibility index (Phi) is 3.14. The molecule has 13 heavy (non-hydrogen) atoms. The van der Waals surface area contributed by atoms with Crippen molar-refractivity contribution in [2.24, 2.45) is 0 Å². The van der Waals surface area contributed by atoms with Gasteiger partial charge in [-0.05, 0) is 6.07 Å². The van der Waals surface area contributed by atoms with Gasteiger partial charge in [0, 0.05) is 25.8 Å². The molecule has 0 fully saturated rings. The quantitative estimate of drug-likeness (QED) is 0.631. The Morgan fingerprint density at radius 2 is 2.08 bits per heavy atom. The molecule has 0 bridgehead atoms. The van der Waals surface area contributed by atoms with E-state index in [0.717, 1.165) is 0 Å². The second kappa shape index (κ2) is 3.96. The van der Waals surface area contributed by atoms with Crippen LogP contribution in [0.3, 0.4) is 0 Å². The van der Waals surface area contributed by atoms with E-state index in [0.29, 0.717) is 10.8 Å². The second-order valence-corrected chi connectivity index (χ2v) is 3.25. The molecule has 1 aromatic heterocycles. The molecule has 1 heterocycles. The van der Waals surface area contributed by atoms with Crippen LogP contribution in [0.2, 0.25) is 5.02 Å². The van der Waals surface area contributed by atoms with E-state index >= 15 is 0 Å². The highest BCUT2D eigenvalue weighted by molar-refractivity contribution is 6.59. The van der Waals surface area contributed by atoms with Gasteiger partial charge >= 0.3 is 7.12 Å². The minimum absolute atomic E-state index is 0.288. The third-order valence-corrected chi connectivity index (χ3v) is 1.84. The van der Waals surface area contributed by atoms with Gasteiger partial charge in [0.05, 0.1) is 5.02 Å². The van der Waals surface area contributed by atoms with Crippen molar-refractivity contribution in [3.05, 3.63) is 17.3 Å². The Bertz CT molecular complexity index is 307. The van der Waals surface area contributed by atoms with Crippen molar-refractivity contribution < 1.29 is 10.0 Å². The third-order valence-electron chi connectivity index (χ3n) is 1.56. The van der Waals surface area contributed by atoms with Gasteiger partial charge in [-0.1, -0.05) is 11.6 Å².